The minimum Gasteiger partial charge on any atom is -0.390 e. The number of nitrogens with one attached hydrogen (secondary N) is 3. The highest BCUT2D eigenvalue weighted by molar-refractivity contribution is 5.81. The summed E-state index contributed by atoms with van der Waals surface area (Å²) in [5.74, 6) is -1.53. The first kappa shape index (κ1) is 35.7. The van der Waals surface area contributed by atoms with Gasteiger partial charge >= 0.3 is 0 Å². The van der Waals surface area contributed by atoms with E-state index >= 15 is 0 Å². The maximum atomic E-state index is 12.6. The van der Waals surface area contributed by atoms with Crippen LogP contribution in [0.4, 0.5) is 0 Å². The number of likely N-dealkylation sites (N-methyl/N-ethyl adjacent to an activating group) is 1. The van der Waals surface area contributed by atoms with Crippen molar-refractivity contribution in [1.82, 2.24) is 16.0 Å². The third-order valence-corrected chi connectivity index (χ3v) is 9.61. The standard InChI is InChI=1S/C27H52N6O11/c1-27(41)9-42-26(21(39)24(27)31-2)44-22-13(33-25(40)14(34)6-28)5-12(30)16(18(22)36)23-20(38)19(37)17(35)15(43-23)8-32-7-10-3-11(29)4-10/h10-24,26,31-32,34-39,41H,3-9,28-30H2,1-2H3,(H,33,40)/t10?,11?,12-,13+,14-,15+,16?,17+,18-,19-,20+,21+,22-,23+,24+,26+,27-/m0/s1. The van der Waals surface area contributed by atoms with Crippen LogP contribution in [0.3, 0.4) is 0 Å². The second-order valence-electron chi connectivity index (χ2n) is 13.1. The van der Waals surface area contributed by atoms with Crippen LogP contribution in [0.25, 0.3) is 0 Å². The second-order valence-corrected chi connectivity index (χ2v) is 13.1. The number of nitrogens with two attached hydrogens (primary N) is 3. The molecule has 0 aromatic rings. The number of hydrogen-bond acceptors (Lipinski definition) is 16. The summed E-state index contributed by atoms with van der Waals surface area (Å²) >= 11 is 0. The van der Waals surface area contributed by atoms with E-state index in [1.54, 1.807) is 7.05 Å². The molecule has 0 radical (unpaired) electrons. The van der Waals surface area contributed by atoms with Crippen molar-refractivity contribution in [3.05, 3.63) is 0 Å². The average Bonchev–Trinajstić information content (AvgIpc) is 2.95. The number of carbonyl (C=O) groups excluding carboxylic acids is 1. The van der Waals surface area contributed by atoms with E-state index < -0.39 is 96.8 Å². The Labute approximate surface area is 256 Å². The molecule has 1 amide bonds. The van der Waals surface area contributed by atoms with Crippen LogP contribution in [0.1, 0.15) is 26.2 Å². The molecule has 256 valence electrons. The molecule has 4 rings (SSSR count). The Morgan fingerprint density at radius 2 is 1.70 bits per heavy atom. The fraction of sp³-hybridized carbons (Fsp3) is 0.963. The maximum Gasteiger partial charge on any atom is 0.250 e. The number of amides is 1. The van der Waals surface area contributed by atoms with E-state index in [1.165, 1.54) is 6.92 Å². The fourth-order valence-electron chi connectivity index (χ4n) is 7.01. The number of aliphatic hydroxyl groups excluding tert-OH is 6. The molecule has 2 saturated carbocycles. The Bertz CT molecular complexity index is 948. The molecule has 4 aliphatic rings. The molecule has 17 heteroatoms. The van der Waals surface area contributed by atoms with E-state index in [4.69, 9.17) is 31.4 Å². The van der Waals surface area contributed by atoms with Gasteiger partial charge in [0.05, 0.1) is 37.0 Å². The van der Waals surface area contributed by atoms with Gasteiger partial charge in [-0.05, 0) is 45.7 Å². The van der Waals surface area contributed by atoms with Crippen molar-refractivity contribution in [1.29, 1.82) is 0 Å². The predicted molar refractivity (Wildman–Crippen MR) is 153 cm³/mol. The summed E-state index contributed by atoms with van der Waals surface area (Å²) in [5.41, 5.74) is 16.3. The molecule has 44 heavy (non-hydrogen) atoms. The first-order valence-corrected chi connectivity index (χ1v) is 15.3. The van der Waals surface area contributed by atoms with Crippen molar-refractivity contribution in [2.75, 3.05) is 33.3 Å². The first-order chi connectivity index (χ1) is 20.7. The van der Waals surface area contributed by atoms with E-state index in [2.05, 4.69) is 16.0 Å². The summed E-state index contributed by atoms with van der Waals surface area (Å²) in [5, 5.41) is 84.4. The van der Waals surface area contributed by atoms with Gasteiger partial charge in [-0.15, -0.1) is 0 Å². The lowest BCUT2D eigenvalue weighted by Gasteiger charge is -2.52. The van der Waals surface area contributed by atoms with Crippen LogP contribution in [-0.4, -0.2) is 166 Å². The smallest absolute Gasteiger partial charge is 0.250 e. The topological polar surface area (TPSA) is 301 Å². The summed E-state index contributed by atoms with van der Waals surface area (Å²) in [6.07, 6.45) is -12.4. The van der Waals surface area contributed by atoms with Crippen molar-refractivity contribution in [2.45, 2.75) is 117 Å². The van der Waals surface area contributed by atoms with Gasteiger partial charge in [0, 0.05) is 31.1 Å². The van der Waals surface area contributed by atoms with Gasteiger partial charge in [0.2, 0.25) is 5.91 Å². The Balaban J connectivity index is 1.54. The average molecular weight is 637 g/mol. The number of carbonyl (C=O) groups is 1. The van der Waals surface area contributed by atoms with Crippen LogP contribution in [0.15, 0.2) is 0 Å². The predicted octanol–water partition coefficient (Wildman–Crippen LogP) is -6.88. The third kappa shape index (κ3) is 7.53. The van der Waals surface area contributed by atoms with Crippen molar-refractivity contribution in [3.63, 3.8) is 0 Å². The zero-order valence-electron chi connectivity index (χ0n) is 25.2. The highest BCUT2D eigenvalue weighted by Crippen LogP contribution is 2.37. The summed E-state index contributed by atoms with van der Waals surface area (Å²) < 4.78 is 17.8. The lowest BCUT2D eigenvalue weighted by molar-refractivity contribution is -0.303. The lowest BCUT2D eigenvalue weighted by atomic mass is 9.72. The quantitative estimate of drug-likeness (QED) is 0.100. The molecule has 17 nitrogen and oxygen atoms in total. The molecule has 0 bridgehead atoms. The molecule has 0 aromatic heterocycles. The van der Waals surface area contributed by atoms with Gasteiger partial charge in [0.1, 0.15) is 42.2 Å². The van der Waals surface area contributed by atoms with E-state index in [1.807, 2.05) is 0 Å². The van der Waals surface area contributed by atoms with Crippen LogP contribution >= 0.6 is 0 Å². The Morgan fingerprint density at radius 3 is 2.32 bits per heavy atom. The molecule has 2 heterocycles. The molecule has 1 unspecified atom stereocenters. The van der Waals surface area contributed by atoms with E-state index in [0.717, 1.165) is 12.8 Å². The van der Waals surface area contributed by atoms with Gasteiger partial charge in [-0.1, -0.05) is 0 Å². The number of aliphatic hydroxyl groups is 7. The summed E-state index contributed by atoms with van der Waals surface area (Å²) in [4.78, 5) is 12.6. The SMILES string of the molecule is CN[C@@H]1[C@@H](O)[C@@H](O[C@H]2[C@H](NC(=O)[C@@H](O)CN)C[C@H](N)C([C@H]3O[C@H](CNCC4CC(N)C4)[C@@H](O)[C@H](O)[C@H]3O)[C@@H]2O)OC[C@]1(C)O. The minimum atomic E-state index is -1.64. The molecule has 16 N–H and O–H groups in total. The number of rotatable bonds is 11. The van der Waals surface area contributed by atoms with Crippen molar-refractivity contribution in [2.24, 2.45) is 29.0 Å². The normalized spacial score (nSPS) is 48.8. The first-order valence-electron chi connectivity index (χ1n) is 15.3. The molecular formula is C27H52N6O11. The minimum absolute atomic E-state index is 0.0402. The molecule has 4 fully saturated rings. The van der Waals surface area contributed by atoms with Gasteiger partial charge in [-0.2, -0.15) is 0 Å². The van der Waals surface area contributed by atoms with Crippen molar-refractivity contribution < 1.29 is 54.8 Å². The summed E-state index contributed by atoms with van der Waals surface area (Å²) in [7, 11) is 1.54. The molecule has 0 spiro atoms. The van der Waals surface area contributed by atoms with Crippen LogP contribution in [0.5, 0.6) is 0 Å². The Hall–Kier alpha value is -1.13. The van der Waals surface area contributed by atoms with Crippen molar-refractivity contribution in [3.8, 4) is 0 Å². The lowest BCUT2D eigenvalue weighted by Crippen LogP contribution is -2.71. The van der Waals surface area contributed by atoms with E-state index in [-0.39, 0.29) is 32.2 Å². The van der Waals surface area contributed by atoms with Gasteiger partial charge in [0.25, 0.3) is 0 Å². The van der Waals surface area contributed by atoms with Crippen LogP contribution in [0, 0.1) is 11.8 Å². The number of hydrogen-bond donors (Lipinski definition) is 13. The zero-order chi connectivity index (χ0) is 32.5. The third-order valence-electron chi connectivity index (χ3n) is 9.61. The zero-order valence-corrected chi connectivity index (χ0v) is 25.2. The monoisotopic (exact) mass is 636 g/mol. The fourth-order valence-corrected chi connectivity index (χ4v) is 7.01. The molecule has 2 aliphatic heterocycles. The highest BCUT2D eigenvalue weighted by Gasteiger charge is 2.56. The maximum absolute atomic E-state index is 12.6. The highest BCUT2D eigenvalue weighted by atomic mass is 16.7. The van der Waals surface area contributed by atoms with E-state index in [9.17, 15) is 40.5 Å². The molecule has 2 aliphatic carbocycles. The van der Waals surface area contributed by atoms with Crippen molar-refractivity contribution >= 4 is 5.91 Å². The van der Waals surface area contributed by atoms with Crippen LogP contribution in [-0.2, 0) is 19.0 Å². The number of ether oxygens (including phenoxy) is 3. The Kier molecular flexibility index (Phi) is 12.0. The Morgan fingerprint density at radius 1 is 1.02 bits per heavy atom. The summed E-state index contributed by atoms with van der Waals surface area (Å²) in [6.45, 7) is 1.66. The van der Waals surface area contributed by atoms with Crippen LogP contribution < -0.4 is 33.2 Å². The largest absolute Gasteiger partial charge is 0.390 e. The van der Waals surface area contributed by atoms with Gasteiger partial charge < -0.3 is 83.1 Å². The molecule has 2 saturated heterocycles. The molecule has 15 atom stereocenters. The second kappa shape index (κ2) is 14.7. The van der Waals surface area contributed by atoms with Gasteiger partial charge in [-0.25, -0.2) is 0 Å². The van der Waals surface area contributed by atoms with Crippen LogP contribution in [0.2, 0.25) is 0 Å². The van der Waals surface area contributed by atoms with Gasteiger partial charge in [-0.3, -0.25) is 4.79 Å². The van der Waals surface area contributed by atoms with Gasteiger partial charge in [0.15, 0.2) is 6.29 Å². The molecule has 0 aromatic carbocycles. The molecular weight excluding hydrogens is 584 g/mol. The van der Waals surface area contributed by atoms with E-state index in [0.29, 0.717) is 12.5 Å². The summed E-state index contributed by atoms with van der Waals surface area (Å²) in [6, 6.07) is -2.65.